The molecule has 0 spiro atoms. The molecule has 0 aliphatic rings. The highest BCUT2D eigenvalue weighted by atomic mass is 32.1. The van der Waals surface area contributed by atoms with Gasteiger partial charge in [-0.1, -0.05) is 30.3 Å². The molecule has 6 heteroatoms. The van der Waals surface area contributed by atoms with E-state index in [0.717, 1.165) is 11.1 Å². The zero-order valence-corrected chi connectivity index (χ0v) is 12.2. The fourth-order valence-corrected chi connectivity index (χ4v) is 2.89. The molecule has 0 fully saturated rings. The molecule has 0 aliphatic heterocycles. The van der Waals surface area contributed by atoms with Crippen molar-refractivity contribution in [2.24, 2.45) is 0 Å². The molecule has 1 unspecified atom stereocenters. The molecule has 0 bridgehead atoms. The number of nitrogens with zero attached hydrogens (tertiary/aromatic N) is 2. The number of benzene rings is 2. The molecule has 5 nitrogen and oxygen atoms in total. The molecule has 0 aliphatic carbocycles. The van der Waals surface area contributed by atoms with Gasteiger partial charge in [0.2, 0.25) is 0 Å². The summed E-state index contributed by atoms with van der Waals surface area (Å²) in [7, 11) is 0. The van der Waals surface area contributed by atoms with Crippen molar-refractivity contribution in [3.8, 4) is 11.1 Å². The third-order valence-electron chi connectivity index (χ3n) is 3.31. The van der Waals surface area contributed by atoms with Crippen LogP contribution >= 0.6 is 11.3 Å². The van der Waals surface area contributed by atoms with Crippen LogP contribution in [-0.2, 0) is 0 Å². The lowest BCUT2D eigenvalue weighted by molar-refractivity contribution is -0.386. The van der Waals surface area contributed by atoms with E-state index >= 15 is 0 Å². The largest absolute Gasteiger partial charge is 0.381 e. The molecule has 0 saturated carbocycles. The number of nitro groups is 1. The van der Waals surface area contributed by atoms with Crippen LogP contribution < -0.4 is 0 Å². The van der Waals surface area contributed by atoms with Crippen LogP contribution in [0.2, 0.25) is 0 Å². The van der Waals surface area contributed by atoms with Crippen LogP contribution in [0.3, 0.4) is 0 Å². The van der Waals surface area contributed by atoms with E-state index in [4.69, 9.17) is 0 Å². The number of thiazole rings is 1. The molecule has 1 atom stereocenters. The SMILES string of the molecule is O=[N+]([O-])c1ccc(-c2ccccc2)cc1C(O)c1nccs1. The average Bonchev–Trinajstić information content (AvgIpc) is 3.09. The van der Waals surface area contributed by atoms with Crippen molar-refractivity contribution < 1.29 is 10.0 Å². The predicted molar refractivity (Wildman–Crippen MR) is 84.7 cm³/mol. The van der Waals surface area contributed by atoms with Crippen LogP contribution in [0, 0.1) is 10.1 Å². The van der Waals surface area contributed by atoms with Gasteiger partial charge in [-0.2, -0.15) is 0 Å². The van der Waals surface area contributed by atoms with Crippen molar-refractivity contribution in [1.29, 1.82) is 0 Å². The number of hydrogen-bond acceptors (Lipinski definition) is 5. The van der Waals surface area contributed by atoms with E-state index in [9.17, 15) is 15.2 Å². The van der Waals surface area contributed by atoms with E-state index in [-0.39, 0.29) is 11.3 Å². The van der Waals surface area contributed by atoms with Crippen molar-refractivity contribution in [2.45, 2.75) is 6.10 Å². The summed E-state index contributed by atoms with van der Waals surface area (Å²) < 4.78 is 0. The minimum atomic E-state index is -1.11. The van der Waals surface area contributed by atoms with Gasteiger partial charge >= 0.3 is 0 Å². The van der Waals surface area contributed by atoms with Crippen LogP contribution in [-0.4, -0.2) is 15.0 Å². The second-order valence-corrected chi connectivity index (χ2v) is 5.60. The number of nitro benzene ring substituents is 1. The Bertz CT molecular complexity index is 788. The first-order valence-electron chi connectivity index (χ1n) is 6.58. The Morgan fingerprint density at radius 2 is 1.91 bits per heavy atom. The molecule has 1 aromatic heterocycles. The first-order valence-corrected chi connectivity index (χ1v) is 7.46. The normalized spacial score (nSPS) is 12.0. The highest BCUT2D eigenvalue weighted by Crippen LogP contribution is 2.34. The molecular formula is C16H12N2O3S. The van der Waals surface area contributed by atoms with Gasteiger partial charge in [0.1, 0.15) is 11.1 Å². The van der Waals surface area contributed by atoms with Crippen LogP contribution in [0.25, 0.3) is 11.1 Å². The zero-order valence-electron chi connectivity index (χ0n) is 11.4. The Labute approximate surface area is 130 Å². The maximum absolute atomic E-state index is 11.2. The molecule has 110 valence electrons. The minimum Gasteiger partial charge on any atom is -0.381 e. The number of rotatable bonds is 4. The molecule has 22 heavy (non-hydrogen) atoms. The van der Waals surface area contributed by atoms with Gasteiger partial charge in [-0.15, -0.1) is 11.3 Å². The monoisotopic (exact) mass is 312 g/mol. The predicted octanol–water partition coefficient (Wildman–Crippen LogP) is 3.80. The lowest BCUT2D eigenvalue weighted by atomic mass is 9.99. The second-order valence-electron chi connectivity index (χ2n) is 4.67. The number of aromatic nitrogens is 1. The van der Waals surface area contributed by atoms with Gasteiger partial charge < -0.3 is 5.11 Å². The molecular weight excluding hydrogens is 300 g/mol. The van der Waals surface area contributed by atoms with E-state index < -0.39 is 11.0 Å². The van der Waals surface area contributed by atoms with Crippen molar-refractivity contribution in [3.05, 3.63) is 80.8 Å². The van der Waals surface area contributed by atoms with E-state index in [0.29, 0.717) is 5.01 Å². The first kappa shape index (κ1) is 14.4. The molecule has 3 rings (SSSR count). The molecule has 1 N–H and O–H groups in total. The summed E-state index contributed by atoms with van der Waals surface area (Å²) in [6.07, 6.45) is 0.458. The highest BCUT2D eigenvalue weighted by Gasteiger charge is 2.24. The maximum atomic E-state index is 11.2. The van der Waals surface area contributed by atoms with E-state index in [1.165, 1.54) is 17.4 Å². The third-order valence-corrected chi connectivity index (χ3v) is 4.14. The smallest absolute Gasteiger partial charge is 0.275 e. The van der Waals surface area contributed by atoms with Crippen molar-refractivity contribution in [1.82, 2.24) is 4.98 Å². The quantitative estimate of drug-likeness (QED) is 0.587. The molecule has 1 heterocycles. The summed E-state index contributed by atoms with van der Waals surface area (Å²) >= 11 is 1.26. The summed E-state index contributed by atoms with van der Waals surface area (Å²) in [5.74, 6) is 0. The summed E-state index contributed by atoms with van der Waals surface area (Å²) in [6, 6.07) is 14.3. The lowest BCUT2D eigenvalue weighted by Gasteiger charge is -2.11. The summed E-state index contributed by atoms with van der Waals surface area (Å²) in [5, 5.41) is 23.8. The summed E-state index contributed by atoms with van der Waals surface area (Å²) in [6.45, 7) is 0. The van der Waals surface area contributed by atoms with Gasteiger partial charge in [0.05, 0.1) is 10.5 Å². The topological polar surface area (TPSA) is 76.3 Å². The zero-order chi connectivity index (χ0) is 15.5. The van der Waals surface area contributed by atoms with E-state index in [1.807, 2.05) is 30.3 Å². The Morgan fingerprint density at radius 1 is 1.14 bits per heavy atom. The number of hydrogen-bond donors (Lipinski definition) is 1. The van der Waals surface area contributed by atoms with Crippen LogP contribution in [0.15, 0.2) is 60.1 Å². The van der Waals surface area contributed by atoms with Crippen molar-refractivity contribution in [3.63, 3.8) is 0 Å². The molecule has 0 amide bonds. The van der Waals surface area contributed by atoms with Crippen molar-refractivity contribution in [2.75, 3.05) is 0 Å². The highest BCUT2D eigenvalue weighted by molar-refractivity contribution is 7.09. The van der Waals surface area contributed by atoms with E-state index in [2.05, 4.69) is 4.98 Å². The van der Waals surface area contributed by atoms with Crippen molar-refractivity contribution >= 4 is 17.0 Å². The minimum absolute atomic E-state index is 0.109. The molecule has 0 saturated heterocycles. The summed E-state index contributed by atoms with van der Waals surface area (Å²) in [4.78, 5) is 14.8. The maximum Gasteiger partial charge on any atom is 0.275 e. The Hall–Kier alpha value is -2.57. The Kier molecular flexibility index (Phi) is 3.95. The fourth-order valence-electron chi connectivity index (χ4n) is 2.25. The lowest BCUT2D eigenvalue weighted by Crippen LogP contribution is -2.04. The van der Waals surface area contributed by atoms with Crippen LogP contribution in [0.1, 0.15) is 16.7 Å². The average molecular weight is 312 g/mol. The van der Waals surface area contributed by atoms with Gasteiger partial charge in [-0.25, -0.2) is 4.98 Å². The fraction of sp³-hybridized carbons (Fsp3) is 0.0625. The van der Waals surface area contributed by atoms with Gasteiger partial charge in [-0.3, -0.25) is 10.1 Å². The standard InChI is InChI=1S/C16H12N2O3S/c19-15(16-17-8-9-22-16)13-10-12(6-7-14(13)18(20)21)11-4-2-1-3-5-11/h1-10,15,19H. The number of aliphatic hydroxyl groups excluding tert-OH is 1. The Balaban J connectivity index is 2.11. The molecule has 3 aromatic rings. The van der Waals surface area contributed by atoms with Gasteiger partial charge in [0, 0.05) is 17.6 Å². The third kappa shape index (κ3) is 2.74. The molecule has 0 radical (unpaired) electrons. The van der Waals surface area contributed by atoms with Crippen LogP contribution in [0.4, 0.5) is 5.69 Å². The summed E-state index contributed by atoms with van der Waals surface area (Å²) in [5.41, 5.74) is 1.89. The Morgan fingerprint density at radius 3 is 2.55 bits per heavy atom. The molecule has 2 aromatic carbocycles. The van der Waals surface area contributed by atoms with E-state index in [1.54, 1.807) is 23.7 Å². The first-order chi connectivity index (χ1) is 10.7. The van der Waals surface area contributed by atoms with Gasteiger partial charge in [0.25, 0.3) is 5.69 Å². The second kappa shape index (κ2) is 6.05. The van der Waals surface area contributed by atoms with Crippen LogP contribution in [0.5, 0.6) is 0 Å². The van der Waals surface area contributed by atoms with Gasteiger partial charge in [0.15, 0.2) is 0 Å². The number of aliphatic hydroxyl groups is 1. The van der Waals surface area contributed by atoms with Gasteiger partial charge in [-0.05, 0) is 23.3 Å².